The molecule has 7 N–H and O–H groups in total. The van der Waals surface area contributed by atoms with Gasteiger partial charge in [-0.25, -0.2) is 4.79 Å². The first-order valence-corrected chi connectivity index (χ1v) is 27.9. The predicted octanol–water partition coefficient (Wildman–Crippen LogP) is 2.67. The van der Waals surface area contributed by atoms with Crippen molar-refractivity contribution >= 4 is 23.9 Å². The van der Waals surface area contributed by atoms with Gasteiger partial charge in [0.05, 0.1) is 42.4 Å². The number of hydrogen-bond donors (Lipinski definition) is 7. The quantitative estimate of drug-likeness (QED) is 0.0792. The zero-order valence-electron chi connectivity index (χ0n) is 46.5. The monoisotopic (exact) mass is 1110 g/mol. The minimum absolute atomic E-state index is 0.0760. The van der Waals surface area contributed by atoms with Crippen LogP contribution in [0.1, 0.15) is 153 Å². The molecule has 5 aliphatic rings. The van der Waals surface area contributed by atoms with Gasteiger partial charge in [-0.1, -0.05) is 84.6 Å². The zero-order chi connectivity index (χ0) is 56.8. The average molecular weight is 1110 g/mol. The first kappa shape index (κ1) is 64.8. The Balaban J connectivity index is 1.61. The molecule has 5 fully saturated rings. The van der Waals surface area contributed by atoms with E-state index in [2.05, 4.69) is 6.92 Å². The molecule has 0 aliphatic carbocycles. The molecule has 0 radical (unpaired) electrons. The molecule has 23 unspecified atom stereocenters. The van der Waals surface area contributed by atoms with Gasteiger partial charge >= 0.3 is 23.9 Å². The van der Waals surface area contributed by atoms with Crippen molar-refractivity contribution < 1.29 is 112 Å². The molecule has 0 amide bonds. The second kappa shape index (κ2) is 30.7. The van der Waals surface area contributed by atoms with Crippen LogP contribution >= 0.6 is 0 Å². The summed E-state index contributed by atoms with van der Waals surface area (Å²) in [5.41, 5.74) is 0.0971. The maximum atomic E-state index is 14.1. The fourth-order valence-corrected chi connectivity index (χ4v) is 9.71. The van der Waals surface area contributed by atoms with E-state index < -0.39 is 171 Å². The Labute approximate surface area is 452 Å². The van der Waals surface area contributed by atoms with Crippen molar-refractivity contribution in [3.8, 4) is 0 Å². The second-order valence-corrected chi connectivity index (χ2v) is 21.7. The standard InChI is InChI=1S/C54H90O23/c1-11-13-22-33-23-20-18-16-14-15-17-19-21-24-35(56)72-46-42(75-51-41(62)43(37(58)31(9)67-51)73-48(63)26(3)4)32(10)69-54(47(46)74-49(64)27(5)12-2)77-45-40(61)38(59)34(25-66-50(65)28(6)29(7)55)71-53(45)76-44-39(60)36(57)30(8)68-52(44)70-33/h12,26,28-34,36-47,51-55,57-62H,11,13-25H2,1-10H3. The number of carbonyl (C=O) groups is 4. The van der Waals surface area contributed by atoms with Gasteiger partial charge in [0.1, 0.15) is 67.6 Å². The molecule has 0 spiro atoms. The van der Waals surface area contributed by atoms with Crippen molar-refractivity contribution in [2.45, 2.75) is 288 Å². The van der Waals surface area contributed by atoms with Gasteiger partial charge in [-0.05, 0) is 67.7 Å². The highest BCUT2D eigenvalue weighted by molar-refractivity contribution is 5.87. The molecule has 23 heteroatoms. The highest BCUT2D eigenvalue weighted by atomic mass is 16.8. The Morgan fingerprint density at radius 3 is 1.84 bits per heavy atom. The van der Waals surface area contributed by atoms with Crippen molar-refractivity contribution in [2.75, 3.05) is 6.61 Å². The van der Waals surface area contributed by atoms with Crippen LogP contribution in [0.25, 0.3) is 0 Å². The fraction of sp³-hybridized carbons (Fsp3) is 0.889. The molecule has 0 aromatic heterocycles. The molecule has 444 valence electrons. The third-order valence-corrected chi connectivity index (χ3v) is 15.1. The zero-order valence-corrected chi connectivity index (χ0v) is 46.5. The van der Waals surface area contributed by atoms with Crippen molar-refractivity contribution in [2.24, 2.45) is 11.8 Å². The van der Waals surface area contributed by atoms with Crippen LogP contribution in [0.4, 0.5) is 0 Å². The van der Waals surface area contributed by atoms with Gasteiger partial charge in [0.15, 0.2) is 43.5 Å². The lowest BCUT2D eigenvalue weighted by atomic mass is 9.95. The minimum Gasteiger partial charge on any atom is -0.463 e. The molecule has 5 rings (SSSR count). The van der Waals surface area contributed by atoms with E-state index in [1.54, 1.807) is 27.7 Å². The molecule has 0 aromatic carbocycles. The smallest absolute Gasteiger partial charge is 0.333 e. The minimum atomic E-state index is -2.03. The lowest BCUT2D eigenvalue weighted by molar-refractivity contribution is -0.399. The first-order valence-electron chi connectivity index (χ1n) is 27.9. The lowest BCUT2D eigenvalue weighted by Gasteiger charge is -2.50. The summed E-state index contributed by atoms with van der Waals surface area (Å²) in [6.07, 6.45) is -22.6. The number of hydrogen-bond acceptors (Lipinski definition) is 23. The normalized spacial score (nSPS) is 40.4. The summed E-state index contributed by atoms with van der Waals surface area (Å²) in [5.74, 6) is -4.87. The number of aliphatic hydroxyl groups is 7. The van der Waals surface area contributed by atoms with Gasteiger partial charge < -0.3 is 92.6 Å². The highest BCUT2D eigenvalue weighted by Gasteiger charge is 2.58. The van der Waals surface area contributed by atoms with Crippen LogP contribution in [-0.4, -0.2) is 201 Å². The maximum absolute atomic E-state index is 14.1. The number of rotatable bonds is 13. The number of unbranched alkanes of at least 4 members (excludes halogenated alkanes) is 1. The number of ether oxygens (including phenoxy) is 12. The molecule has 23 nitrogen and oxygen atoms in total. The topological polar surface area (TPSA) is 321 Å². The molecule has 2 bridgehead atoms. The number of esters is 4. The Bertz CT molecular complexity index is 1870. The molecule has 0 saturated carbocycles. The Morgan fingerprint density at radius 2 is 1.22 bits per heavy atom. The predicted molar refractivity (Wildman–Crippen MR) is 269 cm³/mol. The average Bonchev–Trinajstić information content (AvgIpc) is 3.41. The highest BCUT2D eigenvalue weighted by Crippen LogP contribution is 2.38. The summed E-state index contributed by atoms with van der Waals surface area (Å²) >= 11 is 0. The van der Waals surface area contributed by atoms with Crippen LogP contribution < -0.4 is 0 Å². The number of aliphatic hydroxyl groups excluding tert-OH is 7. The second-order valence-electron chi connectivity index (χ2n) is 21.7. The van der Waals surface area contributed by atoms with Gasteiger partial charge in [-0.3, -0.25) is 14.4 Å². The third-order valence-electron chi connectivity index (χ3n) is 15.1. The lowest BCUT2D eigenvalue weighted by Crippen LogP contribution is -2.68. The fourth-order valence-electron chi connectivity index (χ4n) is 9.71. The Kier molecular flexibility index (Phi) is 25.9. The van der Waals surface area contributed by atoms with Crippen LogP contribution in [0.15, 0.2) is 11.6 Å². The van der Waals surface area contributed by atoms with E-state index in [0.717, 1.165) is 51.4 Å². The van der Waals surface area contributed by atoms with E-state index in [0.29, 0.717) is 25.7 Å². The van der Waals surface area contributed by atoms with Gasteiger partial charge in [0.25, 0.3) is 0 Å². The SMILES string of the molecule is CC=C(C)C(=O)OC1C2OC(C)C(OC3OC(C)C(O)C(OC(=O)C(C)C)C3O)C1OC(=O)CCCCCCCCCCC(CCCC)OC1OC(C)C(O)C(O)C1OC1OC(COC(=O)C(C)C(C)O)C(O)C(O)C1O2. The molecular formula is C54H90O23. The van der Waals surface area contributed by atoms with Gasteiger partial charge in [0.2, 0.25) is 0 Å². The summed E-state index contributed by atoms with van der Waals surface area (Å²) < 4.78 is 74.3. The molecule has 5 heterocycles. The summed E-state index contributed by atoms with van der Waals surface area (Å²) in [6.45, 7) is 14.9. The summed E-state index contributed by atoms with van der Waals surface area (Å²) in [7, 11) is 0. The van der Waals surface area contributed by atoms with Crippen molar-refractivity contribution in [1.82, 2.24) is 0 Å². The molecule has 23 atom stereocenters. The van der Waals surface area contributed by atoms with Crippen LogP contribution in [0.2, 0.25) is 0 Å². The van der Waals surface area contributed by atoms with Gasteiger partial charge in [-0.15, -0.1) is 0 Å². The van der Waals surface area contributed by atoms with E-state index in [9.17, 15) is 54.9 Å². The molecular weight excluding hydrogens is 1020 g/mol. The first-order chi connectivity index (χ1) is 36.5. The molecule has 77 heavy (non-hydrogen) atoms. The van der Waals surface area contributed by atoms with E-state index in [1.807, 2.05) is 0 Å². The maximum Gasteiger partial charge on any atom is 0.333 e. The molecule has 5 aliphatic heterocycles. The Hall–Kier alpha value is -2.98. The van der Waals surface area contributed by atoms with Crippen LogP contribution in [0, 0.1) is 11.8 Å². The van der Waals surface area contributed by atoms with Crippen LogP contribution in [-0.2, 0) is 76.0 Å². The summed E-state index contributed by atoms with van der Waals surface area (Å²) in [5, 5.41) is 79.8. The number of allylic oxidation sites excluding steroid dienone is 1. The molecule has 0 aromatic rings. The van der Waals surface area contributed by atoms with Crippen LogP contribution in [0.5, 0.6) is 0 Å². The van der Waals surface area contributed by atoms with Crippen LogP contribution in [0.3, 0.4) is 0 Å². The number of fused-ring (bicyclic) bond motifs is 4. The Morgan fingerprint density at radius 1 is 0.636 bits per heavy atom. The summed E-state index contributed by atoms with van der Waals surface area (Å²) in [6, 6.07) is 0. The largest absolute Gasteiger partial charge is 0.463 e. The van der Waals surface area contributed by atoms with Crippen molar-refractivity contribution in [3.05, 3.63) is 11.6 Å². The van der Waals surface area contributed by atoms with Gasteiger partial charge in [-0.2, -0.15) is 0 Å². The molecule has 5 saturated heterocycles. The van der Waals surface area contributed by atoms with E-state index >= 15 is 0 Å². The van der Waals surface area contributed by atoms with Gasteiger partial charge in [0, 0.05) is 12.0 Å². The third kappa shape index (κ3) is 17.5. The van der Waals surface area contributed by atoms with E-state index in [1.165, 1.54) is 40.7 Å². The number of carbonyl (C=O) groups excluding carboxylic acids is 4. The van der Waals surface area contributed by atoms with E-state index in [-0.39, 0.29) is 18.1 Å². The van der Waals surface area contributed by atoms with Crippen molar-refractivity contribution in [3.63, 3.8) is 0 Å². The summed E-state index contributed by atoms with van der Waals surface area (Å²) in [4.78, 5) is 53.8. The van der Waals surface area contributed by atoms with E-state index in [4.69, 9.17) is 56.8 Å². The van der Waals surface area contributed by atoms with Crippen molar-refractivity contribution in [1.29, 1.82) is 0 Å².